The van der Waals surface area contributed by atoms with E-state index in [4.69, 9.17) is 9.84 Å². The molecule has 9 heteroatoms. The van der Waals surface area contributed by atoms with Crippen molar-refractivity contribution < 1.29 is 31.8 Å². The van der Waals surface area contributed by atoms with Crippen LogP contribution in [0, 0.1) is 24.5 Å². The van der Waals surface area contributed by atoms with Crippen LogP contribution in [0.5, 0.6) is 0 Å². The third kappa shape index (κ3) is 2.52. The normalized spacial score (nSPS) is 23.9. The van der Waals surface area contributed by atoms with Crippen LogP contribution in [0.15, 0.2) is 17.0 Å². The number of hydrogen-bond donors (Lipinski definition) is 1. The molecule has 23 heavy (non-hydrogen) atoms. The topological polar surface area (TPSA) is 83.9 Å². The lowest BCUT2D eigenvalue weighted by atomic mass is 9.89. The summed E-state index contributed by atoms with van der Waals surface area (Å²) in [5, 5.41) is 8.96. The number of rotatable bonds is 3. The number of ether oxygens (including phenoxy) is 1. The molecule has 2 aliphatic rings. The summed E-state index contributed by atoms with van der Waals surface area (Å²) < 4.78 is 59.1. The third-order valence-corrected chi connectivity index (χ3v) is 6.16. The lowest BCUT2D eigenvalue weighted by Crippen LogP contribution is -2.63. The summed E-state index contributed by atoms with van der Waals surface area (Å²) in [5.41, 5.74) is -0.837. The maximum atomic E-state index is 14.1. The van der Waals surface area contributed by atoms with Gasteiger partial charge in [0, 0.05) is 13.1 Å². The minimum absolute atomic E-state index is 0.0103. The Morgan fingerprint density at radius 1 is 1.39 bits per heavy atom. The zero-order valence-electron chi connectivity index (χ0n) is 12.3. The highest BCUT2D eigenvalue weighted by Crippen LogP contribution is 2.41. The highest BCUT2D eigenvalue weighted by Gasteiger charge is 2.55. The monoisotopic (exact) mass is 347 g/mol. The van der Waals surface area contributed by atoms with Crippen LogP contribution < -0.4 is 0 Å². The molecular formula is C14H15F2NO5S. The molecule has 2 saturated heterocycles. The molecule has 0 aromatic heterocycles. The molecule has 0 radical (unpaired) electrons. The van der Waals surface area contributed by atoms with Crippen molar-refractivity contribution in [1.29, 1.82) is 0 Å². The second-order valence-electron chi connectivity index (χ2n) is 6.01. The van der Waals surface area contributed by atoms with E-state index in [0.717, 1.165) is 10.4 Å². The van der Waals surface area contributed by atoms with Crippen molar-refractivity contribution in [3.63, 3.8) is 0 Å². The van der Waals surface area contributed by atoms with E-state index in [2.05, 4.69) is 0 Å². The van der Waals surface area contributed by atoms with E-state index in [-0.39, 0.29) is 31.7 Å². The number of carboxylic acid groups (broad SMARTS) is 1. The fraction of sp³-hybridized carbons (Fsp3) is 0.500. The Kier molecular flexibility index (Phi) is 3.69. The second kappa shape index (κ2) is 5.22. The third-order valence-electron chi connectivity index (χ3n) is 4.33. The molecule has 1 atom stereocenters. The predicted octanol–water partition coefficient (Wildman–Crippen LogP) is 1.14. The number of carboxylic acids is 1. The Morgan fingerprint density at radius 2 is 2.04 bits per heavy atom. The van der Waals surface area contributed by atoms with Crippen molar-refractivity contribution in [3.05, 3.63) is 29.3 Å². The molecule has 0 bridgehead atoms. The second-order valence-corrected chi connectivity index (χ2v) is 7.89. The molecule has 0 saturated carbocycles. The Morgan fingerprint density at radius 3 is 2.61 bits per heavy atom. The van der Waals surface area contributed by atoms with Gasteiger partial charge in [0.25, 0.3) is 0 Å². The molecule has 1 aromatic carbocycles. The molecule has 6 nitrogen and oxygen atoms in total. The van der Waals surface area contributed by atoms with Crippen molar-refractivity contribution >= 4 is 16.0 Å². The number of carbonyl (C=O) groups is 1. The molecule has 0 amide bonds. The molecule has 1 unspecified atom stereocenters. The molecular weight excluding hydrogens is 332 g/mol. The molecule has 1 N–H and O–H groups in total. The van der Waals surface area contributed by atoms with Crippen LogP contribution in [0.25, 0.3) is 0 Å². The van der Waals surface area contributed by atoms with Gasteiger partial charge in [0.1, 0.15) is 11.6 Å². The van der Waals surface area contributed by atoms with Gasteiger partial charge in [0.2, 0.25) is 10.0 Å². The van der Waals surface area contributed by atoms with E-state index in [1.807, 2.05) is 0 Å². The fourth-order valence-electron chi connectivity index (χ4n) is 2.99. The summed E-state index contributed by atoms with van der Waals surface area (Å²) in [5.74, 6) is -3.95. The van der Waals surface area contributed by atoms with E-state index < -0.39 is 44.0 Å². The van der Waals surface area contributed by atoms with Gasteiger partial charge in [-0.25, -0.2) is 17.2 Å². The molecule has 1 aromatic rings. The van der Waals surface area contributed by atoms with E-state index in [9.17, 15) is 22.0 Å². The fourth-order valence-corrected chi connectivity index (χ4v) is 4.76. The number of aryl methyl sites for hydroxylation is 1. The Balaban J connectivity index is 1.83. The van der Waals surface area contributed by atoms with Crippen molar-refractivity contribution in [2.45, 2.75) is 23.8 Å². The molecule has 0 aliphatic carbocycles. The Hall–Kier alpha value is -1.58. The lowest BCUT2D eigenvalue weighted by Gasteiger charge is -2.45. The van der Waals surface area contributed by atoms with E-state index in [1.165, 1.54) is 13.0 Å². The summed E-state index contributed by atoms with van der Waals surface area (Å²) in [7, 11) is -4.33. The van der Waals surface area contributed by atoms with Crippen LogP contribution in [0.4, 0.5) is 8.78 Å². The smallest absolute Gasteiger partial charge is 0.308 e. The minimum atomic E-state index is -4.33. The van der Waals surface area contributed by atoms with Crippen molar-refractivity contribution in [3.8, 4) is 0 Å². The number of sulfonamides is 1. The summed E-state index contributed by atoms with van der Waals surface area (Å²) in [6, 6.07) is 2.08. The SMILES string of the molecule is Cc1ccc(F)c(S(=O)(=O)N2CC3(CC(C(=O)O)CO3)C2)c1F. The summed E-state index contributed by atoms with van der Waals surface area (Å²) >= 11 is 0. The number of nitrogens with zero attached hydrogens (tertiary/aromatic N) is 1. The average molecular weight is 347 g/mol. The number of benzene rings is 1. The maximum Gasteiger partial charge on any atom is 0.308 e. The van der Waals surface area contributed by atoms with E-state index in [0.29, 0.717) is 0 Å². The van der Waals surface area contributed by atoms with Crippen molar-refractivity contribution in [1.82, 2.24) is 4.31 Å². The highest BCUT2D eigenvalue weighted by molar-refractivity contribution is 7.89. The minimum Gasteiger partial charge on any atom is -0.481 e. The van der Waals surface area contributed by atoms with Crippen molar-refractivity contribution in [2.75, 3.05) is 19.7 Å². The summed E-state index contributed by atoms with van der Waals surface area (Å²) in [6.07, 6.45) is 0.188. The van der Waals surface area contributed by atoms with Gasteiger partial charge in [-0.2, -0.15) is 4.31 Å². The molecule has 3 rings (SSSR count). The van der Waals surface area contributed by atoms with Crippen LogP contribution in [0.3, 0.4) is 0 Å². The molecule has 1 spiro atoms. The first kappa shape index (κ1) is 16.3. The lowest BCUT2D eigenvalue weighted by molar-refractivity contribution is -0.141. The number of halogens is 2. The van der Waals surface area contributed by atoms with Gasteiger partial charge in [0.05, 0.1) is 18.1 Å². The van der Waals surface area contributed by atoms with Gasteiger partial charge in [-0.15, -0.1) is 0 Å². The maximum absolute atomic E-state index is 14.1. The molecule has 2 fully saturated rings. The predicted molar refractivity (Wildman–Crippen MR) is 74.3 cm³/mol. The first-order valence-electron chi connectivity index (χ1n) is 6.98. The zero-order valence-corrected chi connectivity index (χ0v) is 13.1. The van der Waals surface area contributed by atoms with E-state index in [1.54, 1.807) is 0 Å². The highest BCUT2D eigenvalue weighted by atomic mass is 32.2. The van der Waals surface area contributed by atoms with Gasteiger partial charge >= 0.3 is 5.97 Å². The summed E-state index contributed by atoms with van der Waals surface area (Å²) in [4.78, 5) is 9.97. The van der Waals surface area contributed by atoms with Crippen LogP contribution in [0.1, 0.15) is 12.0 Å². The Labute approximate surface area is 131 Å². The molecule has 2 heterocycles. The average Bonchev–Trinajstić information content (AvgIpc) is 2.87. The van der Waals surface area contributed by atoms with Crippen LogP contribution >= 0.6 is 0 Å². The van der Waals surface area contributed by atoms with Gasteiger partial charge in [-0.05, 0) is 25.0 Å². The Bertz CT molecular complexity index is 774. The van der Waals surface area contributed by atoms with Crippen LogP contribution in [0.2, 0.25) is 0 Å². The quantitative estimate of drug-likeness (QED) is 0.886. The summed E-state index contributed by atoms with van der Waals surface area (Å²) in [6.45, 7) is 1.15. The van der Waals surface area contributed by atoms with E-state index >= 15 is 0 Å². The number of hydrogen-bond acceptors (Lipinski definition) is 4. The molecule has 126 valence electrons. The van der Waals surface area contributed by atoms with Crippen molar-refractivity contribution in [2.24, 2.45) is 5.92 Å². The first-order chi connectivity index (χ1) is 10.7. The van der Waals surface area contributed by atoms with Gasteiger partial charge < -0.3 is 9.84 Å². The van der Waals surface area contributed by atoms with Gasteiger partial charge in [-0.3, -0.25) is 4.79 Å². The first-order valence-corrected chi connectivity index (χ1v) is 8.42. The van der Waals surface area contributed by atoms with Crippen LogP contribution in [-0.4, -0.2) is 49.1 Å². The zero-order chi connectivity index (χ0) is 17.0. The number of aliphatic carboxylic acids is 1. The van der Waals surface area contributed by atoms with Gasteiger partial charge in [0.15, 0.2) is 4.90 Å². The standard InChI is InChI=1S/C14H15F2NO5S/c1-8-2-3-10(15)12(11(8)16)23(20,21)17-6-14(7-17)4-9(5-22-14)13(18)19/h2-3,9H,4-7H2,1H3,(H,18,19). The molecule has 2 aliphatic heterocycles. The largest absolute Gasteiger partial charge is 0.481 e. The van der Waals surface area contributed by atoms with Gasteiger partial charge in [-0.1, -0.05) is 6.07 Å². The van der Waals surface area contributed by atoms with Crippen LogP contribution in [-0.2, 0) is 19.6 Å².